The lowest BCUT2D eigenvalue weighted by Gasteiger charge is -2.05. The van der Waals surface area contributed by atoms with Gasteiger partial charge in [-0.2, -0.15) is 15.0 Å². The largest absolute Gasteiger partial charge is 0.467 e. The Morgan fingerprint density at radius 1 is 1.41 bits per heavy atom. The first kappa shape index (κ1) is 12.3. The number of nitrogens with zero attached hydrogens (tertiary/aromatic N) is 3. The molecule has 2 aromatic rings. The fourth-order valence-electron chi connectivity index (χ4n) is 1.24. The summed E-state index contributed by atoms with van der Waals surface area (Å²) in [5.41, 5.74) is 0. The van der Waals surface area contributed by atoms with E-state index in [0.29, 0.717) is 17.8 Å². The lowest BCUT2D eigenvalue weighted by atomic mass is 10.4. The summed E-state index contributed by atoms with van der Waals surface area (Å²) in [6.45, 7) is 2.73. The molecular formula is C10H11BrN4OS. The molecule has 0 saturated heterocycles. The predicted octanol–water partition coefficient (Wildman–Crippen LogP) is 2.80. The average molecular weight is 315 g/mol. The van der Waals surface area contributed by atoms with Crippen LogP contribution in [0.5, 0.6) is 6.01 Å². The molecule has 1 N–H and O–H groups in total. The van der Waals surface area contributed by atoms with Crippen molar-refractivity contribution < 1.29 is 4.74 Å². The molecule has 0 aliphatic heterocycles. The minimum atomic E-state index is 0.311. The molecule has 0 unspecified atom stereocenters. The first-order valence-electron chi connectivity index (χ1n) is 5.02. The highest BCUT2D eigenvalue weighted by molar-refractivity contribution is 9.10. The first-order chi connectivity index (χ1) is 8.24. The molecule has 2 heterocycles. The number of methoxy groups -OCH3 is 1. The SMILES string of the molecule is CCNc1nc(OC)nc(-c2sccc2Br)n1. The van der Waals surface area contributed by atoms with Gasteiger partial charge < -0.3 is 10.1 Å². The number of anilines is 1. The normalized spacial score (nSPS) is 10.3. The molecule has 0 saturated carbocycles. The van der Waals surface area contributed by atoms with E-state index in [1.807, 2.05) is 18.4 Å². The highest BCUT2D eigenvalue weighted by atomic mass is 79.9. The first-order valence-corrected chi connectivity index (χ1v) is 6.69. The fraction of sp³-hybridized carbons (Fsp3) is 0.300. The smallest absolute Gasteiger partial charge is 0.321 e. The molecule has 0 atom stereocenters. The van der Waals surface area contributed by atoms with Gasteiger partial charge in [0.25, 0.3) is 0 Å². The second kappa shape index (κ2) is 5.42. The van der Waals surface area contributed by atoms with Gasteiger partial charge in [0.05, 0.1) is 12.0 Å². The third kappa shape index (κ3) is 2.73. The Hall–Kier alpha value is -1.21. The van der Waals surface area contributed by atoms with Crippen LogP contribution in [0.15, 0.2) is 15.9 Å². The van der Waals surface area contributed by atoms with E-state index in [9.17, 15) is 0 Å². The van der Waals surface area contributed by atoms with Crippen LogP contribution >= 0.6 is 27.3 Å². The van der Waals surface area contributed by atoms with E-state index < -0.39 is 0 Å². The quantitative estimate of drug-likeness (QED) is 0.940. The van der Waals surface area contributed by atoms with Gasteiger partial charge in [0.1, 0.15) is 0 Å². The fourth-order valence-corrected chi connectivity index (χ4v) is 2.72. The lowest BCUT2D eigenvalue weighted by Crippen LogP contribution is -2.06. The van der Waals surface area contributed by atoms with Gasteiger partial charge in [-0.3, -0.25) is 0 Å². The number of thiophene rings is 1. The second-order valence-corrected chi connectivity index (χ2v) is 4.87. The van der Waals surface area contributed by atoms with E-state index >= 15 is 0 Å². The number of aromatic nitrogens is 3. The third-order valence-electron chi connectivity index (χ3n) is 1.95. The molecule has 17 heavy (non-hydrogen) atoms. The highest BCUT2D eigenvalue weighted by Crippen LogP contribution is 2.32. The maximum atomic E-state index is 5.07. The van der Waals surface area contributed by atoms with Gasteiger partial charge in [-0.1, -0.05) is 0 Å². The standard InChI is InChI=1S/C10H11BrN4OS/c1-3-12-9-13-8(14-10(15-9)16-2)7-6(11)4-5-17-7/h4-5H,3H2,1-2H3,(H,12,13,14,15). The molecule has 90 valence electrons. The predicted molar refractivity (Wildman–Crippen MR) is 71.6 cm³/mol. The molecular weight excluding hydrogens is 304 g/mol. The van der Waals surface area contributed by atoms with Crippen LogP contribution in [0, 0.1) is 0 Å². The van der Waals surface area contributed by atoms with E-state index in [1.54, 1.807) is 11.3 Å². The van der Waals surface area contributed by atoms with Gasteiger partial charge in [-0.25, -0.2) is 0 Å². The van der Waals surface area contributed by atoms with Crippen molar-refractivity contribution in [3.63, 3.8) is 0 Å². The molecule has 0 radical (unpaired) electrons. The molecule has 0 fully saturated rings. The summed E-state index contributed by atoms with van der Waals surface area (Å²) in [6, 6.07) is 2.27. The zero-order chi connectivity index (χ0) is 12.3. The van der Waals surface area contributed by atoms with Crippen LogP contribution in [0.1, 0.15) is 6.92 Å². The van der Waals surface area contributed by atoms with Gasteiger partial charge in [0, 0.05) is 11.0 Å². The number of hydrogen-bond acceptors (Lipinski definition) is 6. The molecule has 0 aliphatic rings. The van der Waals surface area contributed by atoms with Crippen molar-refractivity contribution in [3.8, 4) is 16.7 Å². The number of hydrogen-bond donors (Lipinski definition) is 1. The molecule has 0 aromatic carbocycles. The number of ether oxygens (including phenoxy) is 1. The Kier molecular flexibility index (Phi) is 3.90. The van der Waals surface area contributed by atoms with Gasteiger partial charge in [0.2, 0.25) is 5.95 Å². The Morgan fingerprint density at radius 3 is 2.82 bits per heavy atom. The van der Waals surface area contributed by atoms with Crippen molar-refractivity contribution in [1.29, 1.82) is 0 Å². The van der Waals surface area contributed by atoms with Crippen molar-refractivity contribution in [2.24, 2.45) is 0 Å². The van der Waals surface area contributed by atoms with E-state index in [1.165, 1.54) is 7.11 Å². The van der Waals surface area contributed by atoms with E-state index in [0.717, 1.165) is 15.9 Å². The molecule has 0 bridgehead atoms. The lowest BCUT2D eigenvalue weighted by molar-refractivity contribution is 0.379. The summed E-state index contributed by atoms with van der Waals surface area (Å²) < 4.78 is 6.04. The van der Waals surface area contributed by atoms with Gasteiger partial charge in [-0.15, -0.1) is 11.3 Å². The number of rotatable bonds is 4. The topological polar surface area (TPSA) is 59.9 Å². The Labute approximate surface area is 111 Å². The van der Waals surface area contributed by atoms with Gasteiger partial charge in [-0.05, 0) is 34.3 Å². The molecule has 7 heteroatoms. The number of halogens is 1. The summed E-state index contributed by atoms with van der Waals surface area (Å²) in [7, 11) is 1.54. The average Bonchev–Trinajstić information content (AvgIpc) is 2.75. The number of nitrogens with one attached hydrogen (secondary N) is 1. The van der Waals surface area contributed by atoms with Gasteiger partial charge in [0.15, 0.2) is 5.82 Å². The van der Waals surface area contributed by atoms with Crippen LogP contribution in [0.3, 0.4) is 0 Å². The zero-order valence-corrected chi connectivity index (χ0v) is 11.8. The van der Waals surface area contributed by atoms with Crippen LogP contribution < -0.4 is 10.1 Å². The summed E-state index contributed by atoms with van der Waals surface area (Å²) in [6.07, 6.45) is 0. The molecule has 0 spiro atoms. The molecule has 0 amide bonds. The van der Waals surface area contributed by atoms with Crippen molar-refractivity contribution in [3.05, 3.63) is 15.9 Å². The monoisotopic (exact) mass is 314 g/mol. The Morgan fingerprint density at radius 2 is 2.24 bits per heavy atom. The summed E-state index contributed by atoms with van der Waals surface area (Å²) >= 11 is 5.03. The molecule has 2 aromatic heterocycles. The molecule has 0 aliphatic carbocycles. The Balaban J connectivity index is 2.46. The van der Waals surface area contributed by atoms with Gasteiger partial charge >= 0.3 is 6.01 Å². The van der Waals surface area contributed by atoms with Crippen LogP contribution in [0.25, 0.3) is 10.7 Å². The van der Waals surface area contributed by atoms with Crippen LogP contribution in [0.2, 0.25) is 0 Å². The van der Waals surface area contributed by atoms with Crippen molar-refractivity contribution in [2.75, 3.05) is 19.0 Å². The van der Waals surface area contributed by atoms with Crippen molar-refractivity contribution >= 4 is 33.2 Å². The van der Waals surface area contributed by atoms with E-state index in [4.69, 9.17) is 4.74 Å². The minimum absolute atomic E-state index is 0.311. The Bertz CT molecular complexity index is 517. The van der Waals surface area contributed by atoms with Crippen molar-refractivity contribution in [1.82, 2.24) is 15.0 Å². The molecule has 5 nitrogen and oxygen atoms in total. The summed E-state index contributed by atoms with van der Waals surface area (Å²) in [5.74, 6) is 1.13. The van der Waals surface area contributed by atoms with Crippen LogP contribution in [0.4, 0.5) is 5.95 Å². The van der Waals surface area contributed by atoms with Crippen LogP contribution in [-0.2, 0) is 0 Å². The maximum absolute atomic E-state index is 5.07. The zero-order valence-electron chi connectivity index (χ0n) is 9.40. The van der Waals surface area contributed by atoms with Crippen molar-refractivity contribution in [2.45, 2.75) is 6.92 Å². The molecule has 2 rings (SSSR count). The second-order valence-electron chi connectivity index (χ2n) is 3.10. The summed E-state index contributed by atoms with van der Waals surface area (Å²) in [5, 5.41) is 5.03. The van der Waals surface area contributed by atoms with E-state index in [-0.39, 0.29) is 0 Å². The van der Waals surface area contributed by atoms with Crippen LogP contribution in [-0.4, -0.2) is 28.6 Å². The maximum Gasteiger partial charge on any atom is 0.321 e. The highest BCUT2D eigenvalue weighted by Gasteiger charge is 2.12. The minimum Gasteiger partial charge on any atom is -0.467 e. The van der Waals surface area contributed by atoms with E-state index in [2.05, 4.69) is 36.2 Å². The third-order valence-corrected chi connectivity index (χ3v) is 3.79. The summed E-state index contributed by atoms with van der Waals surface area (Å²) in [4.78, 5) is 13.7.